The molecule has 6 rings (SSSR count). The van der Waals surface area contributed by atoms with Crippen molar-refractivity contribution in [1.29, 1.82) is 0 Å². The number of hydrogen-bond acceptors (Lipinski definition) is 5. The molecule has 6 aromatic rings. The second-order valence-electron chi connectivity index (χ2n) is 8.45. The molecule has 0 aliphatic carbocycles. The van der Waals surface area contributed by atoms with Crippen LogP contribution in [0.2, 0.25) is 10.0 Å². The number of aryl methyl sites for hydroxylation is 1. The van der Waals surface area contributed by atoms with E-state index in [1.165, 1.54) is 0 Å². The van der Waals surface area contributed by atoms with E-state index in [0.717, 1.165) is 38.9 Å². The van der Waals surface area contributed by atoms with E-state index < -0.39 is 5.54 Å². The molecule has 2 N–H and O–H groups in total. The van der Waals surface area contributed by atoms with E-state index in [4.69, 9.17) is 28.9 Å². The number of nitrogens with zero attached hydrogens (tertiary/aromatic N) is 6. The number of imidazole rings is 1. The summed E-state index contributed by atoms with van der Waals surface area (Å²) in [6, 6.07) is 23.4. The Hall–Kier alpha value is -3.78. The highest BCUT2D eigenvalue weighted by Gasteiger charge is 2.35. The summed E-state index contributed by atoms with van der Waals surface area (Å²) in [6.45, 7) is 0. The number of fused-ring (bicyclic) bond motifs is 3. The number of nitrogens with two attached hydrogens (primary N) is 1. The van der Waals surface area contributed by atoms with Gasteiger partial charge in [0.1, 0.15) is 5.54 Å². The van der Waals surface area contributed by atoms with Gasteiger partial charge in [0.25, 0.3) is 0 Å². The van der Waals surface area contributed by atoms with Crippen LogP contribution in [0.5, 0.6) is 0 Å². The van der Waals surface area contributed by atoms with Crippen LogP contribution in [0.4, 0.5) is 0 Å². The average molecular weight is 500 g/mol. The molecular formula is C26H19Cl2N7. The first-order valence-corrected chi connectivity index (χ1v) is 11.6. The molecule has 35 heavy (non-hydrogen) atoms. The maximum Gasteiger partial charge on any atom is 0.180 e. The van der Waals surface area contributed by atoms with Gasteiger partial charge in [0.2, 0.25) is 0 Å². The number of rotatable bonds is 4. The van der Waals surface area contributed by atoms with Crippen LogP contribution >= 0.6 is 23.2 Å². The van der Waals surface area contributed by atoms with Crippen LogP contribution in [0.3, 0.4) is 0 Å². The molecule has 7 nitrogen and oxygen atoms in total. The zero-order valence-corrected chi connectivity index (χ0v) is 20.1. The summed E-state index contributed by atoms with van der Waals surface area (Å²) < 4.78 is 3.65. The second kappa shape index (κ2) is 8.16. The van der Waals surface area contributed by atoms with Crippen molar-refractivity contribution >= 4 is 39.8 Å². The van der Waals surface area contributed by atoms with E-state index in [1.54, 1.807) is 17.0 Å². The normalized spacial score (nSPS) is 13.4. The van der Waals surface area contributed by atoms with E-state index in [1.807, 2.05) is 78.3 Å². The summed E-state index contributed by atoms with van der Waals surface area (Å²) in [5.41, 5.74) is 12.3. The van der Waals surface area contributed by atoms with Gasteiger partial charge < -0.3 is 10.3 Å². The molecule has 0 fully saturated rings. The van der Waals surface area contributed by atoms with Gasteiger partial charge in [0, 0.05) is 22.5 Å². The second-order valence-corrected chi connectivity index (χ2v) is 9.33. The lowest BCUT2D eigenvalue weighted by Crippen LogP contribution is -2.40. The van der Waals surface area contributed by atoms with Crippen LogP contribution in [-0.2, 0) is 12.6 Å². The van der Waals surface area contributed by atoms with Crippen LogP contribution in [-0.4, -0.2) is 29.6 Å². The predicted octanol–water partition coefficient (Wildman–Crippen LogP) is 5.24. The Morgan fingerprint density at radius 2 is 1.69 bits per heavy atom. The Bertz CT molecular complexity index is 1700. The van der Waals surface area contributed by atoms with Crippen molar-refractivity contribution in [1.82, 2.24) is 29.6 Å². The lowest BCUT2D eigenvalue weighted by molar-refractivity contribution is 0.596. The Morgan fingerprint density at radius 3 is 2.43 bits per heavy atom. The molecule has 3 heterocycles. The molecule has 0 amide bonds. The zero-order chi connectivity index (χ0) is 24.2. The summed E-state index contributed by atoms with van der Waals surface area (Å²) in [5, 5.41) is 14.5. The molecular weight excluding hydrogens is 481 g/mol. The minimum absolute atomic E-state index is 0.642. The summed E-state index contributed by atoms with van der Waals surface area (Å²) in [4.78, 5) is 4.34. The first kappa shape index (κ1) is 21.7. The van der Waals surface area contributed by atoms with Crippen molar-refractivity contribution in [3.8, 4) is 11.1 Å². The van der Waals surface area contributed by atoms with Gasteiger partial charge in [0.15, 0.2) is 5.65 Å². The standard InChI is InChI=1S/C26H19Cl2N7/c1-34-15-30-14-24(34)26(29,17-5-8-19(27)9-6-17)18-7-10-23-22(12-18)21(13-25-31-32-33-35(23)25)16-3-2-4-20(28)11-16/h2-15H,29H2,1H3/t26-/m0/s1. The zero-order valence-electron chi connectivity index (χ0n) is 18.6. The lowest BCUT2D eigenvalue weighted by Gasteiger charge is -2.31. The molecule has 0 unspecified atom stereocenters. The van der Waals surface area contributed by atoms with E-state index in [0.29, 0.717) is 15.7 Å². The topological polar surface area (TPSA) is 86.9 Å². The Labute approximate surface area is 210 Å². The average Bonchev–Trinajstić information content (AvgIpc) is 3.52. The predicted molar refractivity (Wildman–Crippen MR) is 137 cm³/mol. The molecule has 0 spiro atoms. The number of aromatic nitrogens is 6. The Kier molecular flexibility index (Phi) is 5.07. The molecule has 0 saturated heterocycles. The van der Waals surface area contributed by atoms with E-state index in [-0.39, 0.29) is 0 Å². The summed E-state index contributed by atoms with van der Waals surface area (Å²) in [6.07, 6.45) is 3.54. The fourth-order valence-corrected chi connectivity index (χ4v) is 4.97. The third-order valence-corrected chi connectivity index (χ3v) is 6.88. The molecule has 3 aromatic heterocycles. The Balaban J connectivity index is 1.68. The first-order valence-electron chi connectivity index (χ1n) is 10.9. The van der Waals surface area contributed by atoms with Crippen molar-refractivity contribution in [2.75, 3.05) is 0 Å². The smallest absolute Gasteiger partial charge is 0.180 e. The molecule has 9 heteroatoms. The van der Waals surface area contributed by atoms with Crippen LogP contribution in [0.1, 0.15) is 16.8 Å². The molecule has 0 saturated carbocycles. The molecule has 0 radical (unpaired) electrons. The van der Waals surface area contributed by atoms with Crippen molar-refractivity contribution in [3.63, 3.8) is 0 Å². The van der Waals surface area contributed by atoms with Crippen LogP contribution in [0.15, 0.2) is 85.3 Å². The maximum absolute atomic E-state index is 7.28. The summed E-state index contributed by atoms with van der Waals surface area (Å²) in [7, 11) is 1.93. The number of hydrogen-bond donors (Lipinski definition) is 1. The van der Waals surface area contributed by atoms with Crippen molar-refractivity contribution < 1.29 is 0 Å². The third kappa shape index (κ3) is 3.47. The first-order chi connectivity index (χ1) is 16.9. The van der Waals surface area contributed by atoms with Gasteiger partial charge in [-0.15, -0.1) is 5.10 Å². The number of benzene rings is 3. The molecule has 0 aliphatic heterocycles. The monoisotopic (exact) mass is 499 g/mol. The summed E-state index contributed by atoms with van der Waals surface area (Å²) >= 11 is 12.5. The highest BCUT2D eigenvalue weighted by atomic mass is 35.5. The van der Waals surface area contributed by atoms with Crippen LogP contribution < -0.4 is 5.73 Å². The molecule has 3 aromatic carbocycles. The number of halogens is 2. The minimum Gasteiger partial charge on any atom is -0.336 e. The Morgan fingerprint density at radius 1 is 0.886 bits per heavy atom. The largest absolute Gasteiger partial charge is 0.336 e. The summed E-state index contributed by atoms with van der Waals surface area (Å²) in [5.74, 6) is 0. The van der Waals surface area contributed by atoms with E-state index in [2.05, 4.69) is 26.6 Å². The van der Waals surface area contributed by atoms with Gasteiger partial charge in [-0.25, -0.2) is 4.98 Å². The van der Waals surface area contributed by atoms with Gasteiger partial charge in [-0.1, -0.05) is 53.5 Å². The molecule has 0 aliphatic rings. The van der Waals surface area contributed by atoms with E-state index in [9.17, 15) is 0 Å². The fourth-order valence-electron chi connectivity index (χ4n) is 4.65. The van der Waals surface area contributed by atoms with Gasteiger partial charge >= 0.3 is 0 Å². The van der Waals surface area contributed by atoms with Gasteiger partial charge in [-0.3, -0.25) is 0 Å². The minimum atomic E-state index is -0.995. The number of pyridine rings is 1. The van der Waals surface area contributed by atoms with Crippen LogP contribution in [0.25, 0.3) is 27.7 Å². The maximum atomic E-state index is 7.28. The van der Waals surface area contributed by atoms with Crippen LogP contribution in [0, 0.1) is 0 Å². The highest BCUT2D eigenvalue weighted by Crippen LogP contribution is 2.38. The lowest BCUT2D eigenvalue weighted by atomic mass is 9.80. The fraction of sp³-hybridized carbons (Fsp3) is 0.0769. The van der Waals surface area contributed by atoms with Crippen molar-refractivity contribution in [2.24, 2.45) is 12.8 Å². The number of tetrazole rings is 1. The van der Waals surface area contributed by atoms with Crippen molar-refractivity contribution in [3.05, 3.63) is 112 Å². The molecule has 172 valence electrons. The third-order valence-electron chi connectivity index (χ3n) is 6.39. The molecule has 1 atom stereocenters. The molecule has 0 bridgehead atoms. The van der Waals surface area contributed by atoms with Gasteiger partial charge in [0.05, 0.1) is 23.7 Å². The van der Waals surface area contributed by atoms with Gasteiger partial charge in [-0.05, 0) is 75.1 Å². The van der Waals surface area contributed by atoms with E-state index >= 15 is 0 Å². The highest BCUT2D eigenvalue weighted by molar-refractivity contribution is 6.31. The SMILES string of the molecule is Cn1cncc1[C@](N)(c1ccc(Cl)cc1)c1ccc2c(c1)c(-c1cccc(Cl)c1)cc1nnnn12. The van der Waals surface area contributed by atoms with Crippen molar-refractivity contribution in [2.45, 2.75) is 5.54 Å². The quantitative estimate of drug-likeness (QED) is 0.358. The van der Waals surface area contributed by atoms with Gasteiger partial charge in [-0.2, -0.15) is 4.52 Å².